The molecule has 0 saturated carbocycles. The number of aromatic nitrogens is 4. The molecule has 6 aromatic rings. The van der Waals surface area contributed by atoms with Crippen LogP contribution in [0, 0.1) is 0 Å². The van der Waals surface area contributed by atoms with E-state index < -0.39 is 11.9 Å². The molecule has 0 radical (unpaired) electrons. The number of benzene rings is 4. The number of rotatable bonds is 18. The lowest BCUT2D eigenvalue weighted by Gasteiger charge is -2.03. The number of carboxylic acid groups (broad SMARTS) is 2. The predicted molar refractivity (Wildman–Crippen MR) is 223 cm³/mol. The van der Waals surface area contributed by atoms with E-state index in [0.717, 1.165) is 42.7 Å². The molecule has 0 bridgehead atoms. The van der Waals surface area contributed by atoms with Crippen molar-refractivity contribution in [2.24, 2.45) is 0 Å². The van der Waals surface area contributed by atoms with Gasteiger partial charge in [-0.3, -0.25) is 19.0 Å². The van der Waals surface area contributed by atoms with Crippen molar-refractivity contribution in [2.45, 2.75) is 48.6 Å². The third kappa shape index (κ3) is 13.8. The molecule has 6 rings (SSSR count). The molecule has 0 spiro atoms. The number of hydrogen-bond acceptors (Lipinski definition) is 9. The van der Waals surface area contributed by atoms with E-state index in [1.807, 2.05) is 109 Å². The van der Waals surface area contributed by atoms with E-state index in [-0.39, 0.29) is 47.3 Å². The predicted octanol–water partition coefficient (Wildman–Crippen LogP) is 7.65. The Bertz CT molecular complexity index is 2070. The van der Waals surface area contributed by atoms with Crippen LogP contribution >= 0.6 is 55.4 Å². The number of hydrogen-bond donors (Lipinski definition) is 1. The Kier molecular flexibility index (Phi) is 16.3. The van der Waals surface area contributed by atoms with Gasteiger partial charge in [-0.1, -0.05) is 92.5 Å². The van der Waals surface area contributed by atoms with Gasteiger partial charge in [-0.15, -0.1) is 23.5 Å². The third-order valence-electron chi connectivity index (χ3n) is 8.22. The summed E-state index contributed by atoms with van der Waals surface area (Å²) in [6.45, 7) is 1.10. The third-order valence-corrected chi connectivity index (χ3v) is 11.4. The van der Waals surface area contributed by atoms with Crippen LogP contribution < -0.4 is 5.11 Å². The van der Waals surface area contributed by atoms with Crippen LogP contribution in [0.5, 0.6) is 0 Å². The fourth-order valence-corrected chi connectivity index (χ4v) is 7.50. The van der Waals surface area contributed by atoms with Gasteiger partial charge in [-0.05, 0) is 72.5 Å². The average Bonchev–Trinajstić information content (AvgIpc) is 3.80. The topological polar surface area (TPSA) is 147 Å². The Balaban J connectivity index is 0.000000214. The molecule has 0 unspecified atom stereocenters. The molecule has 2 aromatic heterocycles. The SMILES string of the molecule is O=C(CSc1ccc(Br)cc1)Cc1cn(CCc2ccccc2)nc1C(=O)O.O=C(CSc1ccc(Br)cc1)Cc1cn(CCc2ccccc2)nc1C(=O)[O-]. The minimum Gasteiger partial charge on any atom is -0.543 e. The van der Waals surface area contributed by atoms with E-state index in [1.54, 1.807) is 21.8 Å². The molecule has 56 heavy (non-hydrogen) atoms. The summed E-state index contributed by atoms with van der Waals surface area (Å²) in [5.41, 5.74) is 2.94. The first-order valence-electron chi connectivity index (χ1n) is 17.5. The molecule has 0 saturated heterocycles. The standard InChI is InChI=1S/2C21H19BrN2O3S/c2*22-17-6-8-19(9-7-17)28-14-18(25)12-16-13-24(23-20(16)21(26)27)11-10-15-4-2-1-3-5-15/h2*1-9,13H,10-12,14H2,(H,26,27)/p-1. The molecule has 0 atom stereocenters. The number of carbonyl (C=O) groups excluding carboxylic acids is 3. The molecule has 4 aromatic carbocycles. The van der Waals surface area contributed by atoms with Gasteiger partial charge in [0.15, 0.2) is 5.69 Å². The quantitative estimate of drug-likeness (QED) is 0.0854. The first-order valence-corrected chi connectivity index (χ1v) is 21.0. The monoisotopic (exact) mass is 915 g/mol. The van der Waals surface area contributed by atoms with Gasteiger partial charge in [0.2, 0.25) is 0 Å². The van der Waals surface area contributed by atoms with Crippen LogP contribution in [0.4, 0.5) is 0 Å². The van der Waals surface area contributed by atoms with Crippen molar-refractivity contribution >= 4 is 78.9 Å². The zero-order chi connectivity index (χ0) is 39.9. The van der Waals surface area contributed by atoms with Gasteiger partial charge < -0.3 is 15.0 Å². The summed E-state index contributed by atoms with van der Waals surface area (Å²) >= 11 is 9.62. The van der Waals surface area contributed by atoms with Crippen LogP contribution in [-0.4, -0.2) is 59.7 Å². The van der Waals surface area contributed by atoms with E-state index in [0.29, 0.717) is 24.2 Å². The number of thioether (sulfide) groups is 2. The highest BCUT2D eigenvalue weighted by Crippen LogP contribution is 2.23. The molecule has 0 fully saturated rings. The molecular formula is C42H37Br2N4O6S2-. The van der Waals surface area contributed by atoms with Crippen molar-refractivity contribution in [3.8, 4) is 0 Å². The number of nitrogens with zero attached hydrogens (tertiary/aromatic N) is 4. The Hall–Kier alpha value is -4.76. The molecule has 1 N–H and O–H groups in total. The lowest BCUT2D eigenvalue weighted by Crippen LogP contribution is -2.25. The highest BCUT2D eigenvalue weighted by atomic mass is 79.9. The highest BCUT2D eigenvalue weighted by Gasteiger charge is 2.19. The molecule has 0 aliphatic carbocycles. The van der Waals surface area contributed by atoms with Crippen LogP contribution in [0.2, 0.25) is 0 Å². The Morgan fingerprint density at radius 3 is 1.38 bits per heavy atom. The smallest absolute Gasteiger partial charge is 0.356 e. The number of aromatic carboxylic acids is 2. The molecule has 14 heteroatoms. The van der Waals surface area contributed by atoms with Gasteiger partial charge in [-0.25, -0.2) is 4.79 Å². The van der Waals surface area contributed by atoms with Crippen LogP contribution in [0.1, 0.15) is 43.2 Å². The minimum atomic E-state index is -1.36. The molecular weight excluding hydrogens is 880 g/mol. The van der Waals surface area contributed by atoms with Crippen molar-refractivity contribution in [1.82, 2.24) is 19.6 Å². The molecule has 0 aliphatic rings. The summed E-state index contributed by atoms with van der Waals surface area (Å²) in [6, 6.07) is 35.2. The first-order chi connectivity index (χ1) is 27.0. The van der Waals surface area contributed by atoms with E-state index in [2.05, 4.69) is 42.1 Å². The average molecular weight is 918 g/mol. The maximum Gasteiger partial charge on any atom is 0.356 e. The number of carbonyl (C=O) groups is 4. The number of aryl methyl sites for hydroxylation is 4. The van der Waals surface area contributed by atoms with E-state index in [4.69, 9.17) is 0 Å². The fraction of sp³-hybridized carbons (Fsp3) is 0.190. The molecule has 2 heterocycles. The number of Topliss-reactive ketones (excluding diaryl/α,β-unsaturated/α-hetero) is 2. The Morgan fingerprint density at radius 2 is 0.982 bits per heavy atom. The lowest BCUT2D eigenvalue weighted by atomic mass is 10.1. The maximum atomic E-state index is 12.4. The van der Waals surface area contributed by atoms with Crippen molar-refractivity contribution in [2.75, 3.05) is 11.5 Å². The number of carboxylic acids is 2. The molecule has 0 amide bonds. The zero-order valence-corrected chi connectivity index (χ0v) is 34.9. The Labute approximate surface area is 350 Å². The number of ketones is 2. The summed E-state index contributed by atoms with van der Waals surface area (Å²) in [6.07, 6.45) is 4.87. The van der Waals surface area contributed by atoms with Gasteiger partial charge >= 0.3 is 5.97 Å². The first kappa shape index (κ1) is 42.4. The van der Waals surface area contributed by atoms with Gasteiger partial charge in [-0.2, -0.15) is 10.2 Å². The Morgan fingerprint density at radius 1 is 0.589 bits per heavy atom. The van der Waals surface area contributed by atoms with E-state index >= 15 is 0 Å². The van der Waals surface area contributed by atoms with Crippen LogP contribution in [0.25, 0.3) is 0 Å². The zero-order valence-electron chi connectivity index (χ0n) is 30.1. The van der Waals surface area contributed by atoms with Gasteiger partial charge in [0, 0.05) is 68.2 Å². The molecule has 0 aliphatic heterocycles. The summed E-state index contributed by atoms with van der Waals surface area (Å²) in [5.74, 6) is -2.00. The van der Waals surface area contributed by atoms with Gasteiger partial charge in [0.1, 0.15) is 17.3 Å². The summed E-state index contributed by atoms with van der Waals surface area (Å²) in [4.78, 5) is 49.6. The lowest BCUT2D eigenvalue weighted by molar-refractivity contribution is -0.255. The van der Waals surface area contributed by atoms with Gasteiger partial charge in [0.25, 0.3) is 0 Å². The van der Waals surface area contributed by atoms with Crippen molar-refractivity contribution in [3.05, 3.63) is 164 Å². The van der Waals surface area contributed by atoms with Crippen molar-refractivity contribution in [3.63, 3.8) is 0 Å². The second-order valence-electron chi connectivity index (χ2n) is 12.5. The van der Waals surface area contributed by atoms with Gasteiger partial charge in [0.05, 0.1) is 17.5 Å². The van der Waals surface area contributed by atoms with Crippen LogP contribution in [-0.2, 0) is 48.4 Å². The van der Waals surface area contributed by atoms with Crippen LogP contribution in [0.15, 0.2) is 140 Å². The summed E-state index contributed by atoms with van der Waals surface area (Å²) < 4.78 is 5.14. The largest absolute Gasteiger partial charge is 0.543 e. The van der Waals surface area contributed by atoms with Crippen molar-refractivity contribution in [1.29, 1.82) is 0 Å². The fourth-order valence-electron chi connectivity index (χ4n) is 5.46. The van der Waals surface area contributed by atoms with E-state index in [9.17, 15) is 29.4 Å². The second-order valence-corrected chi connectivity index (χ2v) is 16.4. The number of halogens is 2. The highest BCUT2D eigenvalue weighted by molar-refractivity contribution is 9.10. The van der Waals surface area contributed by atoms with Crippen molar-refractivity contribution < 1.29 is 29.4 Å². The van der Waals surface area contributed by atoms with Crippen LogP contribution in [0.3, 0.4) is 0 Å². The summed E-state index contributed by atoms with van der Waals surface area (Å²) in [7, 11) is 0. The van der Waals surface area contributed by atoms with E-state index in [1.165, 1.54) is 23.5 Å². The summed E-state index contributed by atoms with van der Waals surface area (Å²) in [5, 5.41) is 29.1. The normalized spacial score (nSPS) is 10.8. The molecule has 10 nitrogen and oxygen atoms in total. The maximum absolute atomic E-state index is 12.4. The molecule has 288 valence electrons. The minimum absolute atomic E-state index is 0.0260. The second kappa shape index (κ2) is 21.5.